The number of pyridine rings is 1. The fourth-order valence-corrected chi connectivity index (χ4v) is 4.37. The van der Waals surface area contributed by atoms with E-state index in [0.717, 1.165) is 12.1 Å². The summed E-state index contributed by atoms with van der Waals surface area (Å²) in [5.74, 6) is 0.589. The van der Waals surface area contributed by atoms with Crippen molar-refractivity contribution in [3.8, 4) is 11.3 Å². The zero-order valence-electron chi connectivity index (χ0n) is 16.3. The quantitative estimate of drug-likeness (QED) is 0.305. The highest BCUT2D eigenvalue weighted by Gasteiger charge is 2.14. The minimum Gasteiger partial charge on any atom is -0.256 e. The van der Waals surface area contributed by atoms with Crippen LogP contribution in [-0.4, -0.2) is 4.98 Å². The molecule has 0 unspecified atom stereocenters. The third-order valence-corrected chi connectivity index (χ3v) is 5.54. The number of hydrogen-bond donors (Lipinski definition) is 0. The van der Waals surface area contributed by atoms with E-state index < -0.39 is 0 Å². The molecule has 0 bridgehead atoms. The maximum atomic E-state index is 4.67. The Labute approximate surface area is 165 Å². The molecule has 1 heteroatoms. The molecule has 5 rings (SSSR count). The Kier molecular flexibility index (Phi) is 4.09. The van der Waals surface area contributed by atoms with Crippen LogP contribution in [0.4, 0.5) is 0 Å². The maximum Gasteiger partial charge on any atom is 0.0704 e. The summed E-state index contributed by atoms with van der Waals surface area (Å²) in [6.07, 6.45) is 2.93. The maximum absolute atomic E-state index is 4.67. The average molecular weight is 361 g/mol. The summed E-state index contributed by atoms with van der Waals surface area (Å²) in [4.78, 5) is 4.67. The van der Waals surface area contributed by atoms with Gasteiger partial charge in [-0.25, -0.2) is 0 Å². The minimum absolute atomic E-state index is 0.589. The van der Waals surface area contributed by atoms with Gasteiger partial charge in [0.2, 0.25) is 0 Å². The van der Waals surface area contributed by atoms with E-state index in [2.05, 4.69) is 91.6 Å². The molecule has 0 saturated carbocycles. The first-order chi connectivity index (χ1) is 13.7. The average Bonchev–Trinajstić information content (AvgIpc) is 2.74. The van der Waals surface area contributed by atoms with Crippen molar-refractivity contribution >= 4 is 32.3 Å². The lowest BCUT2D eigenvalue weighted by Crippen LogP contribution is -1.99. The van der Waals surface area contributed by atoms with Gasteiger partial charge in [-0.2, -0.15) is 0 Å². The van der Waals surface area contributed by atoms with E-state index in [9.17, 15) is 0 Å². The number of benzene rings is 4. The Bertz CT molecular complexity index is 1300. The summed E-state index contributed by atoms with van der Waals surface area (Å²) >= 11 is 0. The van der Waals surface area contributed by atoms with Crippen molar-refractivity contribution in [1.29, 1.82) is 0 Å². The van der Waals surface area contributed by atoms with Gasteiger partial charge >= 0.3 is 0 Å². The van der Waals surface area contributed by atoms with Crippen LogP contribution in [-0.2, 0) is 6.42 Å². The summed E-state index contributed by atoms with van der Waals surface area (Å²) in [6.45, 7) is 4.57. The van der Waals surface area contributed by atoms with Crippen LogP contribution in [0.5, 0.6) is 0 Å². The zero-order valence-corrected chi connectivity index (χ0v) is 16.3. The lowest BCUT2D eigenvalue weighted by Gasteiger charge is -2.16. The van der Waals surface area contributed by atoms with Crippen molar-refractivity contribution in [1.82, 2.24) is 4.98 Å². The van der Waals surface area contributed by atoms with Gasteiger partial charge in [-0.05, 0) is 74.5 Å². The second-order valence-corrected chi connectivity index (χ2v) is 7.96. The standard InChI is InChI=1S/C27H23N/c1-18(2)15-19-16-25-22-11-5-3-9-20(22)21-10-4-6-12-23(21)26(25)17-24(19)27-13-7-8-14-28-27/h3-14,16-18H,15H2,1-2H3. The van der Waals surface area contributed by atoms with Gasteiger partial charge in [0, 0.05) is 11.8 Å². The summed E-state index contributed by atoms with van der Waals surface area (Å²) in [5, 5.41) is 7.92. The minimum atomic E-state index is 0.589. The van der Waals surface area contributed by atoms with Gasteiger partial charge in [0.15, 0.2) is 0 Å². The summed E-state index contributed by atoms with van der Waals surface area (Å²) in [6, 6.07) is 28.5. The fourth-order valence-electron chi connectivity index (χ4n) is 4.37. The van der Waals surface area contributed by atoms with Gasteiger partial charge in [-0.15, -0.1) is 0 Å². The van der Waals surface area contributed by atoms with Gasteiger partial charge in [-0.1, -0.05) is 68.4 Å². The van der Waals surface area contributed by atoms with E-state index in [4.69, 9.17) is 0 Å². The molecule has 0 amide bonds. The lowest BCUT2D eigenvalue weighted by molar-refractivity contribution is 0.648. The molecule has 1 heterocycles. The van der Waals surface area contributed by atoms with Crippen LogP contribution in [0.3, 0.4) is 0 Å². The first-order valence-electron chi connectivity index (χ1n) is 10.00. The van der Waals surface area contributed by atoms with E-state index in [0.29, 0.717) is 5.92 Å². The molecule has 0 fully saturated rings. The predicted molar refractivity (Wildman–Crippen MR) is 121 cm³/mol. The zero-order chi connectivity index (χ0) is 19.1. The van der Waals surface area contributed by atoms with Crippen LogP contribution < -0.4 is 0 Å². The van der Waals surface area contributed by atoms with Crippen LogP contribution in [0.15, 0.2) is 85.1 Å². The molecule has 0 radical (unpaired) electrons. The summed E-state index contributed by atoms with van der Waals surface area (Å²) < 4.78 is 0. The molecule has 0 aliphatic heterocycles. The Balaban J connectivity index is 1.96. The predicted octanol–water partition coefficient (Wildman–Crippen LogP) is 7.41. The van der Waals surface area contributed by atoms with E-state index in [1.165, 1.54) is 43.4 Å². The van der Waals surface area contributed by atoms with Crippen molar-refractivity contribution in [3.63, 3.8) is 0 Å². The van der Waals surface area contributed by atoms with Crippen molar-refractivity contribution < 1.29 is 0 Å². The molecule has 0 saturated heterocycles. The largest absolute Gasteiger partial charge is 0.256 e. The number of fused-ring (bicyclic) bond motifs is 6. The molecule has 1 nitrogen and oxygen atoms in total. The van der Waals surface area contributed by atoms with Gasteiger partial charge in [0.1, 0.15) is 0 Å². The molecular weight excluding hydrogens is 338 g/mol. The number of rotatable bonds is 3. The SMILES string of the molecule is CC(C)Cc1cc2c3ccccc3c3ccccc3c2cc1-c1ccccn1. The van der Waals surface area contributed by atoms with E-state index in [1.54, 1.807) is 0 Å². The molecule has 0 aliphatic carbocycles. The van der Waals surface area contributed by atoms with Crippen molar-refractivity contribution in [3.05, 3.63) is 90.6 Å². The lowest BCUT2D eigenvalue weighted by atomic mass is 9.88. The first kappa shape index (κ1) is 16.9. The smallest absolute Gasteiger partial charge is 0.0704 e. The van der Waals surface area contributed by atoms with Crippen LogP contribution >= 0.6 is 0 Å². The van der Waals surface area contributed by atoms with Crippen LogP contribution in [0.25, 0.3) is 43.6 Å². The van der Waals surface area contributed by atoms with E-state index in [-0.39, 0.29) is 0 Å². The van der Waals surface area contributed by atoms with E-state index in [1.807, 2.05) is 12.3 Å². The third kappa shape index (κ3) is 2.75. The third-order valence-electron chi connectivity index (χ3n) is 5.54. The van der Waals surface area contributed by atoms with Gasteiger partial charge in [0.05, 0.1) is 5.69 Å². The van der Waals surface area contributed by atoms with Crippen LogP contribution in [0, 0.1) is 5.92 Å². The van der Waals surface area contributed by atoms with Crippen molar-refractivity contribution in [2.45, 2.75) is 20.3 Å². The second-order valence-electron chi connectivity index (χ2n) is 7.96. The van der Waals surface area contributed by atoms with Gasteiger partial charge in [0.25, 0.3) is 0 Å². The van der Waals surface area contributed by atoms with Gasteiger partial charge < -0.3 is 0 Å². The topological polar surface area (TPSA) is 12.9 Å². The molecule has 136 valence electrons. The number of aromatic nitrogens is 1. The molecule has 0 spiro atoms. The highest BCUT2D eigenvalue weighted by Crippen LogP contribution is 2.38. The normalized spacial score (nSPS) is 11.7. The molecule has 0 atom stereocenters. The molecule has 5 aromatic rings. The summed E-state index contributed by atoms with van der Waals surface area (Å²) in [7, 11) is 0. The Morgan fingerprint density at radius 3 is 1.71 bits per heavy atom. The van der Waals surface area contributed by atoms with Crippen LogP contribution in [0.2, 0.25) is 0 Å². The number of hydrogen-bond acceptors (Lipinski definition) is 1. The molecule has 0 aliphatic rings. The molecule has 1 aromatic heterocycles. The monoisotopic (exact) mass is 361 g/mol. The molecule has 0 N–H and O–H groups in total. The highest BCUT2D eigenvalue weighted by atomic mass is 14.7. The number of nitrogens with zero attached hydrogens (tertiary/aromatic N) is 1. The van der Waals surface area contributed by atoms with Crippen molar-refractivity contribution in [2.24, 2.45) is 5.92 Å². The van der Waals surface area contributed by atoms with E-state index >= 15 is 0 Å². The molecule has 4 aromatic carbocycles. The summed E-state index contributed by atoms with van der Waals surface area (Å²) in [5.41, 5.74) is 3.68. The fraction of sp³-hybridized carbons (Fsp3) is 0.148. The van der Waals surface area contributed by atoms with Crippen LogP contribution in [0.1, 0.15) is 19.4 Å². The first-order valence-corrected chi connectivity index (χ1v) is 10.00. The Morgan fingerprint density at radius 2 is 1.18 bits per heavy atom. The van der Waals surface area contributed by atoms with Gasteiger partial charge in [-0.3, -0.25) is 4.98 Å². The highest BCUT2D eigenvalue weighted by molar-refractivity contribution is 6.25. The second kappa shape index (κ2) is 6.76. The molecule has 28 heavy (non-hydrogen) atoms. The Hall–Kier alpha value is -3.19. The Morgan fingerprint density at radius 1 is 0.643 bits per heavy atom. The van der Waals surface area contributed by atoms with Crippen molar-refractivity contribution in [2.75, 3.05) is 0 Å². The molecular formula is C27H23N.